The zero-order chi connectivity index (χ0) is 22.5. The van der Waals surface area contributed by atoms with Gasteiger partial charge in [-0.05, 0) is 49.9 Å². The molecule has 0 fully saturated rings. The van der Waals surface area contributed by atoms with E-state index in [0.29, 0.717) is 30.3 Å². The summed E-state index contributed by atoms with van der Waals surface area (Å²) in [5.74, 6) is 1.96. The number of amides is 1. The largest absolute Gasteiger partial charge is 0.497 e. The normalized spacial score (nSPS) is 12.2. The maximum atomic E-state index is 13.4. The summed E-state index contributed by atoms with van der Waals surface area (Å²) in [5.41, 5.74) is 3.56. The van der Waals surface area contributed by atoms with Gasteiger partial charge in [-0.2, -0.15) is 0 Å². The standard InChI is InChI=1S/C25H28N2O4S/c1-4-31-20-10-6-5-8-16(20)15-26-25-23(18-9-7-11-22(18)32-25)24(28)27-19-13-12-17(29-2)14-21(19)30-3/h5-6,8,10,12-14,26H,4,7,9,11,15H2,1-3H3,(H,27,28). The Kier molecular flexibility index (Phi) is 6.85. The average molecular weight is 453 g/mol. The summed E-state index contributed by atoms with van der Waals surface area (Å²) in [4.78, 5) is 14.7. The molecule has 0 unspecified atom stereocenters. The Balaban J connectivity index is 1.59. The molecule has 6 nitrogen and oxygen atoms in total. The average Bonchev–Trinajstić information content (AvgIpc) is 3.40. The molecule has 7 heteroatoms. The van der Waals surface area contributed by atoms with Crippen LogP contribution >= 0.6 is 11.3 Å². The van der Waals surface area contributed by atoms with Gasteiger partial charge in [-0.25, -0.2) is 0 Å². The van der Waals surface area contributed by atoms with Crippen molar-refractivity contribution in [2.75, 3.05) is 31.5 Å². The molecule has 1 aromatic heterocycles. The highest BCUT2D eigenvalue weighted by atomic mass is 32.1. The number of ether oxygens (including phenoxy) is 3. The van der Waals surface area contributed by atoms with Gasteiger partial charge in [0, 0.05) is 23.1 Å². The Morgan fingerprint density at radius 2 is 1.91 bits per heavy atom. The fourth-order valence-electron chi connectivity index (χ4n) is 3.98. The van der Waals surface area contributed by atoms with Gasteiger partial charge in [-0.1, -0.05) is 18.2 Å². The third-order valence-corrected chi connectivity index (χ3v) is 6.77. The predicted molar refractivity (Wildman–Crippen MR) is 129 cm³/mol. The number of aryl methyl sites for hydroxylation is 1. The van der Waals surface area contributed by atoms with Gasteiger partial charge in [0.2, 0.25) is 0 Å². The Morgan fingerprint density at radius 3 is 2.69 bits per heavy atom. The van der Waals surface area contributed by atoms with Crippen LogP contribution in [0.3, 0.4) is 0 Å². The second kappa shape index (κ2) is 9.96. The smallest absolute Gasteiger partial charge is 0.259 e. The number of thiophene rings is 1. The monoisotopic (exact) mass is 452 g/mol. The number of methoxy groups -OCH3 is 2. The van der Waals surface area contributed by atoms with E-state index in [0.717, 1.165) is 46.7 Å². The molecule has 0 spiro atoms. The molecule has 0 saturated heterocycles. The molecule has 0 atom stereocenters. The number of anilines is 2. The van der Waals surface area contributed by atoms with Gasteiger partial charge in [0.05, 0.1) is 32.1 Å². The zero-order valence-electron chi connectivity index (χ0n) is 18.6. The fraction of sp³-hybridized carbons (Fsp3) is 0.320. The molecule has 4 rings (SSSR count). The minimum Gasteiger partial charge on any atom is -0.497 e. The van der Waals surface area contributed by atoms with Crippen molar-refractivity contribution in [3.05, 3.63) is 64.0 Å². The summed E-state index contributed by atoms with van der Waals surface area (Å²) in [6, 6.07) is 13.3. The molecule has 168 valence electrons. The van der Waals surface area contributed by atoms with Crippen molar-refractivity contribution in [1.29, 1.82) is 0 Å². The SMILES string of the molecule is CCOc1ccccc1CNc1sc2c(c1C(=O)Nc1ccc(OC)cc1OC)CCC2. The van der Waals surface area contributed by atoms with E-state index in [1.807, 2.05) is 31.2 Å². The van der Waals surface area contributed by atoms with Crippen molar-refractivity contribution in [3.63, 3.8) is 0 Å². The molecule has 3 aromatic rings. The topological polar surface area (TPSA) is 68.8 Å². The van der Waals surface area contributed by atoms with Crippen LogP contribution in [0.15, 0.2) is 42.5 Å². The molecule has 0 radical (unpaired) electrons. The summed E-state index contributed by atoms with van der Waals surface area (Å²) in [5, 5.41) is 7.43. The van der Waals surface area contributed by atoms with Gasteiger partial charge in [0.25, 0.3) is 5.91 Å². The lowest BCUT2D eigenvalue weighted by Crippen LogP contribution is -2.16. The molecule has 32 heavy (non-hydrogen) atoms. The summed E-state index contributed by atoms with van der Waals surface area (Å²) in [6.07, 6.45) is 3.02. The number of fused-ring (bicyclic) bond motifs is 1. The Bertz CT molecular complexity index is 1110. The van der Waals surface area contributed by atoms with Crippen LogP contribution in [0.4, 0.5) is 10.7 Å². The molecule has 2 N–H and O–H groups in total. The van der Waals surface area contributed by atoms with Gasteiger partial charge in [0.15, 0.2) is 0 Å². The lowest BCUT2D eigenvalue weighted by atomic mass is 10.1. The van der Waals surface area contributed by atoms with Crippen molar-refractivity contribution in [2.24, 2.45) is 0 Å². The first-order valence-electron chi connectivity index (χ1n) is 10.8. The maximum Gasteiger partial charge on any atom is 0.259 e. The molecule has 0 aliphatic heterocycles. The Morgan fingerprint density at radius 1 is 1.06 bits per heavy atom. The van der Waals surface area contributed by atoms with E-state index >= 15 is 0 Å². The second-order valence-electron chi connectivity index (χ2n) is 7.48. The molecule has 1 heterocycles. The van der Waals surface area contributed by atoms with E-state index < -0.39 is 0 Å². The molecular weight excluding hydrogens is 424 g/mol. The molecule has 1 aliphatic rings. The lowest BCUT2D eigenvalue weighted by Gasteiger charge is -2.14. The van der Waals surface area contributed by atoms with E-state index in [1.54, 1.807) is 43.8 Å². The van der Waals surface area contributed by atoms with E-state index in [9.17, 15) is 4.79 Å². The lowest BCUT2D eigenvalue weighted by molar-refractivity contribution is 0.102. The van der Waals surface area contributed by atoms with Gasteiger partial charge in [0.1, 0.15) is 22.2 Å². The third-order valence-electron chi connectivity index (χ3n) is 5.52. The first kappa shape index (κ1) is 22.0. The number of nitrogens with one attached hydrogen (secondary N) is 2. The van der Waals surface area contributed by atoms with Gasteiger partial charge in [-0.15, -0.1) is 11.3 Å². The van der Waals surface area contributed by atoms with Crippen LogP contribution in [0.5, 0.6) is 17.2 Å². The number of hydrogen-bond donors (Lipinski definition) is 2. The Labute approximate surface area is 192 Å². The quantitative estimate of drug-likeness (QED) is 0.448. The minimum absolute atomic E-state index is 0.131. The molecule has 0 bridgehead atoms. The van der Waals surface area contributed by atoms with E-state index in [-0.39, 0.29) is 5.91 Å². The van der Waals surface area contributed by atoms with E-state index in [4.69, 9.17) is 14.2 Å². The fourth-order valence-corrected chi connectivity index (χ4v) is 5.26. The summed E-state index contributed by atoms with van der Waals surface area (Å²) in [6.45, 7) is 3.17. The van der Waals surface area contributed by atoms with Crippen molar-refractivity contribution >= 4 is 27.9 Å². The number of rotatable bonds is 9. The number of carbonyl (C=O) groups is 1. The molecule has 0 saturated carbocycles. The number of carbonyl (C=O) groups excluding carboxylic acids is 1. The summed E-state index contributed by atoms with van der Waals surface area (Å²) < 4.78 is 16.5. The van der Waals surface area contributed by atoms with Crippen LogP contribution < -0.4 is 24.8 Å². The third kappa shape index (κ3) is 4.53. The van der Waals surface area contributed by atoms with E-state index in [1.165, 1.54) is 4.88 Å². The van der Waals surface area contributed by atoms with Gasteiger partial charge in [-0.3, -0.25) is 4.79 Å². The van der Waals surface area contributed by atoms with Crippen molar-refractivity contribution in [1.82, 2.24) is 0 Å². The van der Waals surface area contributed by atoms with Crippen LogP contribution in [0.2, 0.25) is 0 Å². The van der Waals surface area contributed by atoms with Crippen LogP contribution in [-0.4, -0.2) is 26.7 Å². The van der Waals surface area contributed by atoms with Crippen molar-refractivity contribution in [3.8, 4) is 17.2 Å². The molecule has 1 amide bonds. The summed E-state index contributed by atoms with van der Waals surface area (Å²) >= 11 is 1.68. The number of benzene rings is 2. The number of para-hydroxylation sites is 1. The minimum atomic E-state index is -0.131. The van der Waals surface area contributed by atoms with E-state index in [2.05, 4.69) is 10.6 Å². The first-order chi connectivity index (χ1) is 15.6. The Hall–Kier alpha value is -3.19. The second-order valence-corrected chi connectivity index (χ2v) is 8.58. The van der Waals surface area contributed by atoms with Crippen molar-refractivity contribution < 1.29 is 19.0 Å². The summed E-state index contributed by atoms with van der Waals surface area (Å²) in [7, 11) is 3.18. The highest BCUT2D eigenvalue weighted by molar-refractivity contribution is 7.16. The molecule has 1 aliphatic carbocycles. The highest BCUT2D eigenvalue weighted by Crippen LogP contribution is 2.40. The maximum absolute atomic E-state index is 13.4. The molecular formula is C25H28N2O4S. The molecule has 2 aromatic carbocycles. The highest BCUT2D eigenvalue weighted by Gasteiger charge is 2.27. The number of hydrogen-bond acceptors (Lipinski definition) is 6. The van der Waals surface area contributed by atoms with Crippen LogP contribution in [-0.2, 0) is 19.4 Å². The van der Waals surface area contributed by atoms with Crippen LogP contribution in [0.25, 0.3) is 0 Å². The van der Waals surface area contributed by atoms with Crippen LogP contribution in [0.1, 0.15) is 39.7 Å². The zero-order valence-corrected chi connectivity index (χ0v) is 19.4. The van der Waals surface area contributed by atoms with Gasteiger partial charge < -0.3 is 24.8 Å². The van der Waals surface area contributed by atoms with Gasteiger partial charge >= 0.3 is 0 Å². The van der Waals surface area contributed by atoms with Crippen molar-refractivity contribution in [2.45, 2.75) is 32.7 Å². The predicted octanol–water partition coefficient (Wildman–Crippen LogP) is 5.52. The van der Waals surface area contributed by atoms with Crippen LogP contribution in [0, 0.1) is 0 Å². The first-order valence-corrected chi connectivity index (χ1v) is 11.6.